The number of halogens is 2. The van der Waals surface area contributed by atoms with Crippen LogP contribution in [0, 0.1) is 5.82 Å². The van der Waals surface area contributed by atoms with Gasteiger partial charge in [0.1, 0.15) is 10.8 Å². The van der Waals surface area contributed by atoms with Crippen LogP contribution in [0.5, 0.6) is 0 Å². The molecule has 0 radical (unpaired) electrons. The molecular formula is C16H12BrFN2S. The quantitative estimate of drug-likeness (QED) is 0.723. The maximum absolute atomic E-state index is 13.3. The van der Waals surface area contributed by atoms with Crippen molar-refractivity contribution in [1.82, 2.24) is 4.98 Å². The number of nitrogens with zero attached hydrogens (tertiary/aromatic N) is 1. The maximum Gasteiger partial charge on any atom is 0.137 e. The minimum atomic E-state index is -0.280. The third-order valence-corrected chi connectivity index (χ3v) is 4.90. The van der Waals surface area contributed by atoms with E-state index in [2.05, 4.69) is 20.9 Å². The second-order valence-corrected chi connectivity index (χ2v) is 6.35. The SMILES string of the molecule is NCc1nc(-c2ccc(F)c(Br)c2)sc1-c1ccccc1. The van der Waals surface area contributed by atoms with Gasteiger partial charge in [-0.05, 0) is 39.7 Å². The first kappa shape index (κ1) is 14.4. The number of hydrogen-bond acceptors (Lipinski definition) is 3. The van der Waals surface area contributed by atoms with Crippen LogP contribution in [-0.2, 0) is 6.54 Å². The Hall–Kier alpha value is -1.56. The molecule has 1 aromatic heterocycles. The van der Waals surface area contributed by atoms with Gasteiger partial charge in [-0.2, -0.15) is 0 Å². The number of nitrogens with two attached hydrogens (primary N) is 1. The monoisotopic (exact) mass is 362 g/mol. The van der Waals surface area contributed by atoms with Crippen LogP contribution >= 0.6 is 27.3 Å². The number of thiazole rings is 1. The average molecular weight is 363 g/mol. The molecule has 0 saturated carbocycles. The third-order valence-electron chi connectivity index (χ3n) is 3.09. The lowest BCUT2D eigenvalue weighted by Gasteiger charge is -1.98. The smallest absolute Gasteiger partial charge is 0.137 e. The highest BCUT2D eigenvalue weighted by atomic mass is 79.9. The molecule has 21 heavy (non-hydrogen) atoms. The highest BCUT2D eigenvalue weighted by Crippen LogP contribution is 2.36. The Morgan fingerprint density at radius 2 is 1.86 bits per heavy atom. The van der Waals surface area contributed by atoms with Gasteiger partial charge in [-0.3, -0.25) is 0 Å². The Morgan fingerprint density at radius 1 is 1.10 bits per heavy atom. The normalized spacial score (nSPS) is 10.8. The zero-order chi connectivity index (χ0) is 14.8. The summed E-state index contributed by atoms with van der Waals surface area (Å²) in [6.45, 7) is 0.378. The van der Waals surface area contributed by atoms with Crippen molar-refractivity contribution in [2.75, 3.05) is 0 Å². The van der Waals surface area contributed by atoms with E-state index in [0.29, 0.717) is 11.0 Å². The number of aromatic nitrogens is 1. The lowest BCUT2D eigenvalue weighted by molar-refractivity contribution is 0.621. The highest BCUT2D eigenvalue weighted by molar-refractivity contribution is 9.10. The summed E-state index contributed by atoms with van der Waals surface area (Å²) in [7, 11) is 0. The highest BCUT2D eigenvalue weighted by Gasteiger charge is 2.14. The Labute approximate surface area is 134 Å². The standard InChI is InChI=1S/C16H12BrFN2S/c17-12-8-11(6-7-13(12)18)16-20-14(9-19)15(21-16)10-4-2-1-3-5-10/h1-8H,9,19H2. The van der Waals surface area contributed by atoms with E-state index in [0.717, 1.165) is 26.7 Å². The van der Waals surface area contributed by atoms with E-state index in [1.165, 1.54) is 6.07 Å². The topological polar surface area (TPSA) is 38.9 Å². The minimum Gasteiger partial charge on any atom is -0.325 e. The van der Waals surface area contributed by atoms with Crippen molar-refractivity contribution in [3.63, 3.8) is 0 Å². The van der Waals surface area contributed by atoms with Crippen molar-refractivity contribution in [1.29, 1.82) is 0 Å². The van der Waals surface area contributed by atoms with Crippen LogP contribution in [0.15, 0.2) is 53.0 Å². The Kier molecular flexibility index (Phi) is 4.14. The zero-order valence-electron chi connectivity index (χ0n) is 11.0. The molecule has 0 aliphatic heterocycles. The second-order valence-electron chi connectivity index (χ2n) is 4.49. The van der Waals surface area contributed by atoms with E-state index >= 15 is 0 Å². The number of benzene rings is 2. The largest absolute Gasteiger partial charge is 0.325 e. The molecule has 2 aromatic carbocycles. The molecule has 0 amide bonds. The van der Waals surface area contributed by atoms with Crippen molar-refractivity contribution in [2.24, 2.45) is 5.73 Å². The minimum absolute atomic E-state index is 0.280. The fourth-order valence-electron chi connectivity index (χ4n) is 2.06. The van der Waals surface area contributed by atoms with Crippen molar-refractivity contribution in [2.45, 2.75) is 6.54 Å². The van der Waals surface area contributed by atoms with Crippen molar-refractivity contribution in [3.8, 4) is 21.0 Å². The van der Waals surface area contributed by atoms with Crippen molar-refractivity contribution in [3.05, 3.63) is 64.5 Å². The summed E-state index contributed by atoms with van der Waals surface area (Å²) >= 11 is 4.78. The third kappa shape index (κ3) is 2.90. The molecular weight excluding hydrogens is 351 g/mol. The summed E-state index contributed by atoms with van der Waals surface area (Å²) in [6, 6.07) is 14.9. The summed E-state index contributed by atoms with van der Waals surface area (Å²) in [6.07, 6.45) is 0. The van der Waals surface area contributed by atoms with Crippen LogP contribution < -0.4 is 5.73 Å². The lowest BCUT2D eigenvalue weighted by Crippen LogP contribution is -1.98. The van der Waals surface area contributed by atoms with Gasteiger partial charge < -0.3 is 5.73 Å². The molecule has 3 rings (SSSR count). The lowest BCUT2D eigenvalue weighted by atomic mass is 10.1. The van der Waals surface area contributed by atoms with Gasteiger partial charge in [0.25, 0.3) is 0 Å². The zero-order valence-corrected chi connectivity index (χ0v) is 13.4. The van der Waals surface area contributed by atoms with Crippen molar-refractivity contribution >= 4 is 27.3 Å². The second kappa shape index (κ2) is 6.05. The first-order chi connectivity index (χ1) is 10.2. The molecule has 0 unspecified atom stereocenters. The molecule has 0 atom stereocenters. The summed E-state index contributed by atoms with van der Waals surface area (Å²) in [5, 5.41) is 0.843. The molecule has 2 nitrogen and oxygen atoms in total. The van der Waals surface area contributed by atoms with E-state index in [9.17, 15) is 4.39 Å². The first-order valence-corrected chi connectivity index (χ1v) is 8.00. The number of hydrogen-bond donors (Lipinski definition) is 1. The molecule has 0 fully saturated rings. The molecule has 0 aliphatic carbocycles. The molecule has 0 bridgehead atoms. The van der Waals surface area contributed by atoms with E-state index in [4.69, 9.17) is 5.73 Å². The van der Waals surface area contributed by atoms with Crippen LogP contribution in [-0.4, -0.2) is 4.98 Å². The molecule has 0 aliphatic rings. The summed E-state index contributed by atoms with van der Waals surface area (Å²) < 4.78 is 13.8. The maximum atomic E-state index is 13.3. The first-order valence-electron chi connectivity index (χ1n) is 6.39. The molecule has 1 heterocycles. The van der Waals surface area contributed by atoms with Gasteiger partial charge in [-0.25, -0.2) is 9.37 Å². The van der Waals surface area contributed by atoms with Gasteiger partial charge in [0, 0.05) is 12.1 Å². The van der Waals surface area contributed by atoms with Crippen LogP contribution in [0.4, 0.5) is 4.39 Å². The van der Waals surface area contributed by atoms with Crippen LogP contribution in [0.2, 0.25) is 0 Å². The number of rotatable bonds is 3. The molecule has 3 aromatic rings. The molecule has 5 heteroatoms. The van der Waals surface area contributed by atoms with Gasteiger partial charge in [0.2, 0.25) is 0 Å². The molecule has 0 spiro atoms. The summed E-state index contributed by atoms with van der Waals surface area (Å²) in [5.41, 5.74) is 8.65. The van der Waals surface area contributed by atoms with E-state index in [1.54, 1.807) is 23.5 Å². The Balaban J connectivity index is 2.09. The molecule has 0 saturated heterocycles. The summed E-state index contributed by atoms with van der Waals surface area (Å²) in [5.74, 6) is -0.280. The summed E-state index contributed by atoms with van der Waals surface area (Å²) in [4.78, 5) is 5.66. The van der Waals surface area contributed by atoms with E-state index < -0.39 is 0 Å². The Bertz CT molecular complexity index is 771. The van der Waals surface area contributed by atoms with Gasteiger partial charge >= 0.3 is 0 Å². The fraction of sp³-hybridized carbons (Fsp3) is 0.0625. The average Bonchev–Trinajstić information content (AvgIpc) is 2.95. The predicted octanol–water partition coefficient (Wildman–Crippen LogP) is 4.84. The van der Waals surface area contributed by atoms with E-state index in [1.807, 2.05) is 30.3 Å². The molecule has 106 valence electrons. The molecule has 2 N–H and O–H groups in total. The fourth-order valence-corrected chi connectivity index (χ4v) is 3.53. The Morgan fingerprint density at radius 3 is 2.52 bits per heavy atom. The van der Waals surface area contributed by atoms with Gasteiger partial charge in [0.15, 0.2) is 0 Å². The van der Waals surface area contributed by atoms with Crippen molar-refractivity contribution < 1.29 is 4.39 Å². The van der Waals surface area contributed by atoms with Crippen LogP contribution in [0.3, 0.4) is 0 Å². The van der Waals surface area contributed by atoms with Crippen LogP contribution in [0.1, 0.15) is 5.69 Å². The van der Waals surface area contributed by atoms with Crippen LogP contribution in [0.25, 0.3) is 21.0 Å². The van der Waals surface area contributed by atoms with E-state index in [-0.39, 0.29) is 5.82 Å². The van der Waals surface area contributed by atoms with Gasteiger partial charge in [-0.15, -0.1) is 11.3 Å². The predicted molar refractivity (Wildman–Crippen MR) is 88.5 cm³/mol. The van der Waals surface area contributed by atoms with Gasteiger partial charge in [-0.1, -0.05) is 30.3 Å². The van der Waals surface area contributed by atoms with Gasteiger partial charge in [0.05, 0.1) is 15.0 Å².